The van der Waals surface area contributed by atoms with Crippen LogP contribution in [-0.4, -0.2) is 20.0 Å². The largest absolute Gasteiger partial charge is 0.319 e. The maximum absolute atomic E-state index is 5.19. The monoisotopic (exact) mass is 898 g/mol. The van der Waals surface area contributed by atoms with E-state index in [1.54, 1.807) is 0 Å². The van der Waals surface area contributed by atoms with Crippen LogP contribution in [0.3, 0.4) is 0 Å². The van der Waals surface area contributed by atoms with Gasteiger partial charge >= 0.3 is 0 Å². The van der Waals surface area contributed by atoms with E-state index >= 15 is 0 Å². The van der Waals surface area contributed by atoms with Crippen molar-refractivity contribution in [3.8, 4) is 5.82 Å². The average Bonchev–Trinajstić information content (AvgIpc) is 3.76. The summed E-state index contributed by atoms with van der Waals surface area (Å²) in [4.78, 5) is 10.1. The van der Waals surface area contributed by atoms with Gasteiger partial charge in [0.05, 0.1) is 0 Å². The summed E-state index contributed by atoms with van der Waals surface area (Å²) in [5.41, 5.74) is 9.56. The molecule has 0 saturated carbocycles. The second kappa shape index (κ2) is 14.3. The first-order chi connectivity index (χ1) is 26.2. The van der Waals surface area contributed by atoms with Crippen LogP contribution in [0.2, 0.25) is 0 Å². The van der Waals surface area contributed by atoms with Gasteiger partial charge in [0.1, 0.15) is 22.7 Å². The number of pyridine rings is 1. The summed E-state index contributed by atoms with van der Waals surface area (Å²) in [6.07, 6.45) is 1.93. The van der Waals surface area contributed by atoms with Gasteiger partial charge in [0.15, 0.2) is 0 Å². The molecule has 2 aromatic heterocycles. The van der Waals surface area contributed by atoms with Gasteiger partial charge in [-0.05, 0) is 79.1 Å². The average molecular weight is 899 g/mol. The molecule has 0 spiro atoms. The van der Waals surface area contributed by atoms with Gasteiger partial charge in [0.25, 0.3) is 0 Å². The second-order valence-corrected chi connectivity index (χ2v) is 15.4. The number of hydrogen-bond acceptors (Lipinski definition) is 3. The van der Waals surface area contributed by atoms with Crippen molar-refractivity contribution >= 4 is 38.9 Å². The van der Waals surface area contributed by atoms with Gasteiger partial charge in [0.2, 0.25) is 0 Å². The fourth-order valence-corrected chi connectivity index (χ4v) is 8.06. The molecule has 0 saturated heterocycles. The first kappa shape index (κ1) is 36.5. The van der Waals surface area contributed by atoms with Crippen molar-refractivity contribution in [2.45, 2.75) is 51.5 Å². The molecule has 276 valence electrons. The maximum Gasteiger partial charge on any atom is 0.145 e. The molecule has 0 atom stereocenters. The normalized spacial score (nSPS) is 13.1. The van der Waals surface area contributed by atoms with Gasteiger partial charge in [-0.1, -0.05) is 110 Å². The van der Waals surface area contributed by atoms with Gasteiger partial charge in [0, 0.05) is 43.9 Å². The number of nitrogens with zero attached hydrogens (tertiary/aromatic N) is 4. The van der Waals surface area contributed by atoms with Gasteiger partial charge in [-0.15, -0.1) is 38.8 Å². The predicted octanol–water partition coefficient (Wildman–Crippen LogP) is 11.9. The Kier molecular flexibility index (Phi) is 9.49. The molecule has 0 radical (unpaired) electrons. The van der Waals surface area contributed by atoms with E-state index in [2.05, 4.69) is 208 Å². The summed E-state index contributed by atoms with van der Waals surface area (Å²) in [6.45, 7) is 11.0. The zero-order valence-corrected chi connectivity index (χ0v) is 33.9. The van der Waals surface area contributed by atoms with Crippen LogP contribution in [0, 0.1) is 12.1 Å². The number of fused-ring (bicyclic) bond motifs is 4. The summed E-state index contributed by atoms with van der Waals surface area (Å²) in [5, 5.41) is 6.44. The zero-order valence-electron chi connectivity index (χ0n) is 31.6. The van der Waals surface area contributed by atoms with Crippen LogP contribution in [0.1, 0.15) is 68.4 Å². The zero-order chi connectivity index (χ0) is 37.0. The van der Waals surface area contributed by atoms with E-state index in [0.29, 0.717) is 5.92 Å². The third-order valence-corrected chi connectivity index (χ3v) is 10.6. The van der Waals surface area contributed by atoms with E-state index in [4.69, 9.17) is 9.92 Å². The Hall–Kier alpha value is -5.48. The van der Waals surface area contributed by atoms with Crippen LogP contribution in [0.15, 0.2) is 158 Å². The van der Waals surface area contributed by atoms with E-state index in [0.717, 1.165) is 61.6 Å². The molecular formula is C49H43N4OPt-. The first-order valence-electron chi connectivity index (χ1n) is 18.7. The summed E-state index contributed by atoms with van der Waals surface area (Å²) < 4.78 is 2.28. The van der Waals surface area contributed by atoms with E-state index < -0.39 is 5.41 Å². The number of anilines is 3. The van der Waals surface area contributed by atoms with Crippen LogP contribution in [-0.2, 0) is 26.5 Å². The van der Waals surface area contributed by atoms with Crippen molar-refractivity contribution < 1.29 is 26.0 Å². The Labute approximate surface area is 338 Å². The molecule has 1 N–H and O–H groups in total. The maximum atomic E-state index is 5.19. The van der Waals surface area contributed by atoms with Crippen LogP contribution >= 0.6 is 0 Å². The Morgan fingerprint density at radius 3 is 1.95 bits per heavy atom. The Morgan fingerprint density at radius 1 is 0.618 bits per heavy atom. The number of rotatable bonds is 7. The molecule has 6 aromatic carbocycles. The standard InChI is InChI=1S/C49H42N4O.Pt/c1-34(2)35-29-30-50-47(31-35)51-43-24-13-12-23-41(43)42-28-27-39(33-46(42)51)49(36-17-8-6-9-18-36,37-19-10-7-11-20-37)38-21-16-22-40(32-38)52-44-25-14-15-26-45(44)53(54-52)48(3,4)5;/h6-31,34H,1-5H3;/q-2;/p+1. The summed E-state index contributed by atoms with van der Waals surface area (Å²) in [6, 6.07) is 61.9. The van der Waals surface area contributed by atoms with Crippen molar-refractivity contribution in [1.29, 1.82) is 0 Å². The minimum atomic E-state index is -0.788. The minimum absolute atomic E-state index is 0. The SMILES string of the molecule is CC(C)c1ccnc(-n2c3[c-]c(C(c4[c-]c(N5[OH+]N(C(C)(C)C)c6ccccc65)ccc4)(c4ccccc4)c4ccccc4)ccc3c3ccccc32)c1.[Pt]. The Morgan fingerprint density at radius 2 is 1.25 bits per heavy atom. The van der Waals surface area contributed by atoms with Crippen molar-refractivity contribution in [1.82, 2.24) is 9.55 Å². The molecule has 1 aliphatic heterocycles. The summed E-state index contributed by atoms with van der Waals surface area (Å²) >= 11 is 0. The fourth-order valence-electron chi connectivity index (χ4n) is 8.06. The van der Waals surface area contributed by atoms with Gasteiger partial charge in [-0.2, -0.15) is 35.3 Å². The molecule has 1 aliphatic rings. The Bertz CT molecular complexity index is 2590. The molecule has 0 aliphatic carbocycles. The van der Waals surface area contributed by atoms with Crippen molar-refractivity contribution in [2.24, 2.45) is 0 Å². The van der Waals surface area contributed by atoms with Crippen LogP contribution in [0.4, 0.5) is 17.1 Å². The van der Waals surface area contributed by atoms with Crippen molar-refractivity contribution in [2.75, 3.05) is 10.1 Å². The van der Waals surface area contributed by atoms with Crippen molar-refractivity contribution in [3.63, 3.8) is 0 Å². The Balaban J connectivity index is 0.00000427. The van der Waals surface area contributed by atoms with E-state index in [-0.39, 0.29) is 26.6 Å². The van der Waals surface area contributed by atoms with Crippen LogP contribution < -0.4 is 10.1 Å². The molecule has 9 rings (SSSR count). The van der Waals surface area contributed by atoms with E-state index in [9.17, 15) is 0 Å². The number of hydrogen-bond donors (Lipinski definition) is 0. The molecule has 0 fully saturated rings. The number of para-hydroxylation sites is 3. The predicted molar refractivity (Wildman–Crippen MR) is 221 cm³/mol. The van der Waals surface area contributed by atoms with Crippen molar-refractivity contribution in [3.05, 3.63) is 198 Å². The molecule has 0 amide bonds. The third-order valence-electron chi connectivity index (χ3n) is 10.6. The fraction of sp³-hybridized carbons (Fsp3) is 0.163. The number of benzene rings is 6. The second-order valence-electron chi connectivity index (χ2n) is 15.4. The number of hydroxylamine groups is 1. The van der Waals surface area contributed by atoms with E-state index in [1.165, 1.54) is 10.9 Å². The van der Waals surface area contributed by atoms with E-state index in [1.807, 2.05) is 11.3 Å². The first-order valence-corrected chi connectivity index (χ1v) is 18.7. The van der Waals surface area contributed by atoms with Gasteiger partial charge in [-0.25, -0.2) is 4.98 Å². The summed E-state index contributed by atoms with van der Waals surface area (Å²) in [7, 11) is 0. The van der Waals surface area contributed by atoms with Crippen LogP contribution in [0.25, 0.3) is 27.6 Å². The van der Waals surface area contributed by atoms with Crippen LogP contribution in [0.5, 0.6) is 0 Å². The van der Waals surface area contributed by atoms with Gasteiger partial charge in [-0.3, -0.25) is 0 Å². The minimum Gasteiger partial charge on any atom is -0.319 e. The quantitative estimate of drug-likeness (QED) is 0.0909. The summed E-state index contributed by atoms with van der Waals surface area (Å²) in [5.74, 6) is 1.26. The molecule has 0 unspecified atom stereocenters. The molecule has 55 heavy (non-hydrogen) atoms. The molecule has 5 nitrogen and oxygen atoms in total. The molecule has 8 aromatic rings. The molecule has 0 bridgehead atoms. The van der Waals surface area contributed by atoms with Gasteiger partial charge < -0.3 is 4.57 Å². The topological polar surface area (TPSA) is 37.1 Å². The molecule has 3 heterocycles. The number of aromatic nitrogens is 2. The molecule has 6 heteroatoms. The third kappa shape index (κ3) is 6.07. The smallest absolute Gasteiger partial charge is 0.145 e. The molecular weight excluding hydrogens is 856 g/mol.